The molecule has 9 heteroatoms. The molecular weight excluding hydrogens is 266 g/mol. The summed E-state index contributed by atoms with van der Waals surface area (Å²) in [5, 5.41) is 30.3. The molecule has 0 aliphatic rings. The van der Waals surface area contributed by atoms with Gasteiger partial charge in [0.25, 0.3) is 5.56 Å². The maximum atomic E-state index is 11.6. The summed E-state index contributed by atoms with van der Waals surface area (Å²) in [5.41, 5.74) is 6.52. The maximum Gasteiger partial charge on any atom is 0.276 e. The van der Waals surface area contributed by atoms with Crippen LogP contribution in [0.3, 0.4) is 0 Å². The Morgan fingerprint density at radius 3 is 2.80 bits per heavy atom. The number of aliphatic hydroxyl groups is 3. The van der Waals surface area contributed by atoms with E-state index in [4.69, 9.17) is 15.9 Å². The van der Waals surface area contributed by atoms with Crippen molar-refractivity contribution >= 4 is 17.0 Å². The number of hydrogen-bond donors (Lipinski definition) is 7. The molecule has 20 heavy (non-hydrogen) atoms. The number of hydrogen-bond acceptors (Lipinski definition) is 7. The second-order valence-electron chi connectivity index (χ2n) is 4.41. The van der Waals surface area contributed by atoms with E-state index in [0.717, 1.165) is 0 Å². The topological polar surface area (TPSA) is 160 Å². The molecule has 2 aromatic heterocycles. The van der Waals surface area contributed by atoms with Gasteiger partial charge in [-0.15, -0.1) is 0 Å². The van der Waals surface area contributed by atoms with Gasteiger partial charge in [-0.3, -0.25) is 9.78 Å². The highest BCUT2D eigenvalue weighted by molar-refractivity contribution is 5.78. The van der Waals surface area contributed by atoms with E-state index in [1.807, 2.05) is 0 Å². The Morgan fingerprint density at radius 2 is 2.15 bits per heavy atom. The Balaban J connectivity index is 2.20. The lowest BCUT2D eigenvalue weighted by molar-refractivity contribution is 0.0411. The number of aliphatic hydroxyl groups excluding tert-OH is 3. The van der Waals surface area contributed by atoms with Crippen molar-refractivity contribution < 1.29 is 15.3 Å². The van der Waals surface area contributed by atoms with Crippen LogP contribution in [-0.4, -0.2) is 55.6 Å². The molecule has 0 aliphatic heterocycles. The van der Waals surface area contributed by atoms with Gasteiger partial charge in [-0.05, 0) is 0 Å². The second-order valence-corrected chi connectivity index (χ2v) is 4.41. The number of aromatic nitrogens is 3. The highest BCUT2D eigenvalue weighted by atomic mass is 16.3. The standard InChI is InChI=1S/C11H17N5O4/c12-11-15-8-5(2-14-9(8)10(20)16-11)1-13-6(3-17)7(19)4-18/h2,6-7,13-14,17-19H,1,3-4H2,(H3,12,15,16,20)/t6-,7+/m0/s1. The zero-order valence-corrected chi connectivity index (χ0v) is 10.6. The lowest BCUT2D eigenvalue weighted by Crippen LogP contribution is -2.44. The zero-order valence-electron chi connectivity index (χ0n) is 10.6. The van der Waals surface area contributed by atoms with Crippen LogP contribution in [0.15, 0.2) is 11.0 Å². The number of nitrogens with one attached hydrogen (secondary N) is 3. The predicted molar refractivity (Wildman–Crippen MR) is 71.9 cm³/mol. The van der Waals surface area contributed by atoms with Crippen LogP contribution in [-0.2, 0) is 6.54 Å². The van der Waals surface area contributed by atoms with Gasteiger partial charge in [0, 0.05) is 18.3 Å². The molecule has 0 saturated heterocycles. The summed E-state index contributed by atoms with van der Waals surface area (Å²) in [6.07, 6.45) is 0.519. The molecule has 0 aromatic carbocycles. The van der Waals surface area contributed by atoms with Gasteiger partial charge in [0.1, 0.15) is 11.0 Å². The smallest absolute Gasteiger partial charge is 0.276 e. The molecule has 2 aromatic rings. The van der Waals surface area contributed by atoms with Gasteiger partial charge in [0.15, 0.2) is 0 Å². The van der Waals surface area contributed by atoms with Crippen LogP contribution in [0.1, 0.15) is 5.56 Å². The van der Waals surface area contributed by atoms with Crippen molar-refractivity contribution in [3.05, 3.63) is 22.1 Å². The van der Waals surface area contributed by atoms with Crippen LogP contribution in [0.25, 0.3) is 11.0 Å². The molecule has 110 valence electrons. The fourth-order valence-corrected chi connectivity index (χ4v) is 1.91. The van der Waals surface area contributed by atoms with Crippen LogP contribution < -0.4 is 16.6 Å². The molecule has 9 nitrogen and oxygen atoms in total. The van der Waals surface area contributed by atoms with E-state index in [-0.39, 0.29) is 24.7 Å². The number of fused-ring (bicyclic) bond motifs is 1. The van der Waals surface area contributed by atoms with Gasteiger partial charge in [0.05, 0.1) is 25.4 Å². The molecule has 0 unspecified atom stereocenters. The summed E-state index contributed by atoms with van der Waals surface area (Å²) < 4.78 is 0. The molecule has 2 heterocycles. The normalized spacial score (nSPS) is 14.6. The number of anilines is 1. The summed E-state index contributed by atoms with van der Waals surface area (Å²) in [6, 6.07) is -0.677. The van der Waals surface area contributed by atoms with Gasteiger partial charge >= 0.3 is 0 Å². The van der Waals surface area contributed by atoms with Crippen molar-refractivity contribution in [2.24, 2.45) is 0 Å². The maximum absolute atomic E-state index is 11.6. The first-order valence-corrected chi connectivity index (χ1v) is 6.05. The van der Waals surface area contributed by atoms with Gasteiger partial charge < -0.3 is 31.4 Å². The van der Waals surface area contributed by atoms with E-state index in [0.29, 0.717) is 16.6 Å². The molecule has 0 spiro atoms. The lowest BCUT2D eigenvalue weighted by Gasteiger charge is -2.20. The summed E-state index contributed by atoms with van der Waals surface area (Å²) in [6.45, 7) is -0.546. The number of rotatable bonds is 6. The van der Waals surface area contributed by atoms with Crippen LogP contribution in [0.4, 0.5) is 5.95 Å². The number of nitrogens with two attached hydrogens (primary N) is 1. The Kier molecular flexibility index (Phi) is 4.35. The third kappa shape index (κ3) is 2.80. The third-order valence-electron chi connectivity index (χ3n) is 3.04. The molecular formula is C11H17N5O4. The summed E-state index contributed by atoms with van der Waals surface area (Å²) in [7, 11) is 0. The minimum absolute atomic E-state index is 0.0115. The molecule has 8 N–H and O–H groups in total. The monoisotopic (exact) mass is 283 g/mol. The molecule has 0 bridgehead atoms. The second kappa shape index (κ2) is 6.01. The van der Waals surface area contributed by atoms with Crippen molar-refractivity contribution in [3.8, 4) is 0 Å². The van der Waals surface area contributed by atoms with Gasteiger partial charge in [0.2, 0.25) is 5.95 Å². The minimum Gasteiger partial charge on any atom is -0.395 e. The fourth-order valence-electron chi connectivity index (χ4n) is 1.91. The Hall–Kier alpha value is -1.94. The molecule has 0 aliphatic carbocycles. The van der Waals surface area contributed by atoms with Crippen molar-refractivity contribution in [1.82, 2.24) is 20.3 Å². The quantitative estimate of drug-likeness (QED) is 0.312. The van der Waals surface area contributed by atoms with E-state index in [1.54, 1.807) is 6.20 Å². The average molecular weight is 283 g/mol. The highest BCUT2D eigenvalue weighted by Gasteiger charge is 2.18. The van der Waals surface area contributed by atoms with Gasteiger partial charge in [-0.2, -0.15) is 0 Å². The average Bonchev–Trinajstić information content (AvgIpc) is 2.82. The van der Waals surface area contributed by atoms with Crippen LogP contribution >= 0.6 is 0 Å². The Bertz CT molecular complexity index is 637. The lowest BCUT2D eigenvalue weighted by atomic mass is 10.1. The van der Waals surface area contributed by atoms with E-state index in [9.17, 15) is 9.90 Å². The molecule has 2 atom stereocenters. The number of aromatic amines is 2. The van der Waals surface area contributed by atoms with Crippen molar-refractivity contribution in [3.63, 3.8) is 0 Å². The van der Waals surface area contributed by atoms with Crippen LogP contribution in [0.5, 0.6) is 0 Å². The zero-order chi connectivity index (χ0) is 14.7. The van der Waals surface area contributed by atoms with E-state index < -0.39 is 18.8 Å². The molecule has 2 rings (SSSR count). The van der Waals surface area contributed by atoms with Gasteiger partial charge in [-0.25, -0.2) is 4.98 Å². The SMILES string of the molecule is Nc1nc2c(CN[C@@H](CO)[C@H](O)CO)c[nH]c2c(=O)[nH]1. The van der Waals surface area contributed by atoms with Crippen LogP contribution in [0, 0.1) is 0 Å². The van der Waals surface area contributed by atoms with E-state index in [2.05, 4.69) is 20.3 Å². The Morgan fingerprint density at radius 1 is 1.40 bits per heavy atom. The number of nitrogen functional groups attached to an aromatic ring is 1. The fraction of sp³-hybridized carbons (Fsp3) is 0.455. The summed E-state index contributed by atoms with van der Waals surface area (Å²) in [5.74, 6) is 0.0115. The first-order valence-electron chi connectivity index (χ1n) is 6.05. The van der Waals surface area contributed by atoms with Crippen molar-refractivity contribution in [1.29, 1.82) is 0 Å². The Labute approximate surface area is 113 Å². The highest BCUT2D eigenvalue weighted by Crippen LogP contribution is 2.13. The van der Waals surface area contributed by atoms with E-state index in [1.165, 1.54) is 0 Å². The van der Waals surface area contributed by atoms with Crippen molar-refractivity contribution in [2.45, 2.75) is 18.7 Å². The summed E-state index contributed by atoms with van der Waals surface area (Å²) in [4.78, 5) is 20.8. The number of nitrogens with zero attached hydrogens (tertiary/aromatic N) is 1. The number of H-pyrrole nitrogens is 2. The summed E-state index contributed by atoms with van der Waals surface area (Å²) >= 11 is 0. The molecule has 0 fully saturated rings. The van der Waals surface area contributed by atoms with E-state index >= 15 is 0 Å². The molecule has 0 amide bonds. The third-order valence-corrected chi connectivity index (χ3v) is 3.04. The largest absolute Gasteiger partial charge is 0.395 e. The minimum atomic E-state index is -1.08. The predicted octanol–water partition coefficient (Wildman–Crippen LogP) is -2.36. The van der Waals surface area contributed by atoms with Crippen LogP contribution in [0.2, 0.25) is 0 Å². The first-order chi connectivity index (χ1) is 9.56. The molecule has 0 radical (unpaired) electrons. The molecule has 0 saturated carbocycles. The van der Waals surface area contributed by atoms with Gasteiger partial charge in [-0.1, -0.05) is 0 Å². The van der Waals surface area contributed by atoms with Crippen molar-refractivity contribution in [2.75, 3.05) is 18.9 Å². The first kappa shape index (κ1) is 14.5.